The number of carbonyl (C=O) groups excluding carboxylic acids is 2. The Morgan fingerprint density at radius 1 is 0.938 bits per heavy atom. The molecule has 1 aliphatic rings. The van der Waals surface area contributed by atoms with E-state index in [9.17, 15) is 14.7 Å². The van der Waals surface area contributed by atoms with E-state index in [1.165, 1.54) is 19.2 Å². The summed E-state index contributed by atoms with van der Waals surface area (Å²) in [5, 5.41) is 12.1. The summed E-state index contributed by atoms with van der Waals surface area (Å²) in [5.41, 5.74) is -0.733. The molecule has 0 amide bonds. The number of hydrogen-bond donors (Lipinski definition) is 0. The van der Waals surface area contributed by atoms with Crippen molar-refractivity contribution in [2.24, 2.45) is 0 Å². The van der Waals surface area contributed by atoms with Crippen molar-refractivity contribution >= 4 is 35.0 Å². The number of rotatable bonds is 7. The van der Waals surface area contributed by atoms with Crippen LogP contribution in [0.25, 0.3) is 0 Å². The number of fused-ring (bicyclic) bond motifs is 1. The number of ketones is 1. The molecule has 0 bridgehead atoms. The Labute approximate surface area is 194 Å². The van der Waals surface area contributed by atoms with Crippen LogP contribution in [0.4, 0.5) is 0 Å². The van der Waals surface area contributed by atoms with Gasteiger partial charge in [0.05, 0.1) is 35.5 Å². The minimum atomic E-state index is -0.831. The molecule has 0 saturated carbocycles. The zero-order valence-electron chi connectivity index (χ0n) is 18.0. The molecule has 0 spiro atoms. The lowest BCUT2D eigenvalue weighted by Gasteiger charge is -2.24. The van der Waals surface area contributed by atoms with E-state index in [2.05, 4.69) is 0 Å². The Kier molecular flexibility index (Phi) is 6.95. The van der Waals surface area contributed by atoms with E-state index in [1.54, 1.807) is 27.7 Å². The van der Waals surface area contributed by atoms with Crippen LogP contribution < -0.4 is 24.1 Å². The quantitative estimate of drug-likeness (QED) is 0.421. The second kappa shape index (κ2) is 9.34. The van der Waals surface area contributed by atoms with Gasteiger partial charge in [-0.2, -0.15) is 0 Å². The van der Waals surface area contributed by atoms with Gasteiger partial charge < -0.3 is 28.8 Å². The molecular formula is C22H21Cl2O8-. The van der Waals surface area contributed by atoms with Gasteiger partial charge in [-0.05, 0) is 33.8 Å². The Hall–Kier alpha value is -2.84. The van der Waals surface area contributed by atoms with Gasteiger partial charge in [0.25, 0.3) is 0 Å². The molecular weight excluding hydrogens is 463 g/mol. The van der Waals surface area contributed by atoms with Crippen LogP contribution in [0.15, 0.2) is 12.1 Å². The van der Waals surface area contributed by atoms with Gasteiger partial charge in [-0.25, -0.2) is 4.79 Å². The molecule has 1 aliphatic heterocycles. The SMILES string of the molecule is COC(=O)c1c(Cl)c(OC(C)C)c(C(=O)c2c([O-])ccc3c2OCO3)c(Cl)c1OC(C)C. The summed E-state index contributed by atoms with van der Waals surface area (Å²) in [6, 6.07) is 2.60. The Balaban J connectivity index is 2.36. The lowest BCUT2D eigenvalue weighted by Crippen LogP contribution is -2.18. The van der Waals surface area contributed by atoms with Gasteiger partial charge in [0.15, 0.2) is 23.0 Å². The van der Waals surface area contributed by atoms with E-state index in [4.69, 9.17) is 46.9 Å². The summed E-state index contributed by atoms with van der Waals surface area (Å²) in [6.45, 7) is 6.66. The van der Waals surface area contributed by atoms with Gasteiger partial charge in [-0.15, -0.1) is 0 Å². The van der Waals surface area contributed by atoms with Crippen molar-refractivity contribution in [1.29, 1.82) is 0 Å². The monoisotopic (exact) mass is 483 g/mol. The van der Waals surface area contributed by atoms with Gasteiger partial charge in [-0.1, -0.05) is 35.0 Å². The summed E-state index contributed by atoms with van der Waals surface area (Å²) in [5.74, 6) is -2.35. The number of hydrogen-bond acceptors (Lipinski definition) is 8. The van der Waals surface area contributed by atoms with Crippen LogP contribution in [0.1, 0.15) is 54.0 Å². The highest BCUT2D eigenvalue weighted by Crippen LogP contribution is 2.49. The van der Waals surface area contributed by atoms with E-state index in [0.717, 1.165) is 0 Å². The van der Waals surface area contributed by atoms with Gasteiger partial charge >= 0.3 is 5.97 Å². The molecule has 1 heterocycles. The van der Waals surface area contributed by atoms with Crippen molar-refractivity contribution < 1.29 is 38.4 Å². The first-order valence-electron chi connectivity index (χ1n) is 9.69. The Morgan fingerprint density at radius 2 is 1.50 bits per heavy atom. The van der Waals surface area contributed by atoms with Gasteiger partial charge in [-0.3, -0.25) is 4.79 Å². The van der Waals surface area contributed by atoms with Crippen molar-refractivity contribution in [3.63, 3.8) is 0 Å². The maximum atomic E-state index is 13.7. The molecule has 32 heavy (non-hydrogen) atoms. The maximum Gasteiger partial charge on any atom is 0.343 e. The molecule has 3 rings (SSSR count). The highest BCUT2D eigenvalue weighted by atomic mass is 35.5. The number of methoxy groups -OCH3 is 1. The molecule has 0 saturated heterocycles. The average Bonchev–Trinajstić information content (AvgIpc) is 3.19. The summed E-state index contributed by atoms with van der Waals surface area (Å²) < 4.78 is 27.0. The maximum absolute atomic E-state index is 13.7. The van der Waals surface area contributed by atoms with Gasteiger partial charge in [0.2, 0.25) is 12.6 Å². The van der Waals surface area contributed by atoms with E-state index in [0.29, 0.717) is 0 Å². The molecule has 0 atom stereocenters. The molecule has 0 fully saturated rings. The van der Waals surface area contributed by atoms with Crippen LogP contribution in [0.5, 0.6) is 28.7 Å². The summed E-state index contributed by atoms with van der Waals surface area (Å²) in [7, 11) is 1.17. The first kappa shape index (κ1) is 23.8. The zero-order valence-corrected chi connectivity index (χ0v) is 19.6. The first-order valence-corrected chi connectivity index (χ1v) is 10.4. The second-order valence-corrected chi connectivity index (χ2v) is 8.12. The van der Waals surface area contributed by atoms with Crippen molar-refractivity contribution in [2.45, 2.75) is 39.9 Å². The highest BCUT2D eigenvalue weighted by Gasteiger charge is 2.35. The van der Waals surface area contributed by atoms with Crippen LogP contribution in [0.3, 0.4) is 0 Å². The minimum Gasteiger partial charge on any atom is -0.872 e. The Morgan fingerprint density at radius 3 is 2.06 bits per heavy atom. The third kappa shape index (κ3) is 4.25. The smallest absolute Gasteiger partial charge is 0.343 e. The summed E-state index contributed by atoms with van der Waals surface area (Å²) >= 11 is 13.1. The number of ether oxygens (including phenoxy) is 5. The first-order chi connectivity index (χ1) is 15.1. The summed E-state index contributed by atoms with van der Waals surface area (Å²) in [4.78, 5) is 26.2. The fourth-order valence-corrected chi connectivity index (χ4v) is 3.73. The molecule has 2 aromatic rings. The zero-order chi connectivity index (χ0) is 23.7. The molecule has 0 unspecified atom stereocenters. The van der Waals surface area contributed by atoms with Crippen molar-refractivity contribution in [1.82, 2.24) is 0 Å². The summed E-state index contributed by atoms with van der Waals surface area (Å²) in [6.07, 6.45) is -0.884. The Bertz CT molecular complexity index is 1080. The molecule has 10 heteroatoms. The fraction of sp³-hybridized carbons (Fsp3) is 0.364. The van der Waals surface area contributed by atoms with E-state index < -0.39 is 29.7 Å². The number of carbonyl (C=O) groups is 2. The largest absolute Gasteiger partial charge is 0.872 e. The molecule has 0 radical (unpaired) electrons. The molecule has 0 aromatic heterocycles. The third-order valence-corrected chi connectivity index (χ3v) is 5.06. The third-order valence-electron chi connectivity index (χ3n) is 4.34. The molecule has 172 valence electrons. The number of esters is 1. The predicted molar refractivity (Wildman–Crippen MR) is 115 cm³/mol. The predicted octanol–water partition coefficient (Wildman–Crippen LogP) is 4.39. The molecule has 0 aliphatic carbocycles. The van der Waals surface area contributed by atoms with Gasteiger partial charge in [0, 0.05) is 0 Å². The van der Waals surface area contributed by atoms with Crippen LogP contribution in [-0.4, -0.2) is 37.9 Å². The van der Waals surface area contributed by atoms with Crippen LogP contribution in [-0.2, 0) is 4.74 Å². The standard InChI is InChI=1S/C22H22Cl2O8/c1-9(2)31-20-14(18(26)13-11(25)6-7-12-19(13)30-8-29-12)16(23)21(32-10(3)4)15(17(20)24)22(27)28-5/h6-7,9-10,25H,8H2,1-5H3/p-1. The number of benzene rings is 2. The molecule has 2 aromatic carbocycles. The molecule has 8 nitrogen and oxygen atoms in total. The fourth-order valence-electron chi connectivity index (χ4n) is 3.12. The lowest BCUT2D eigenvalue weighted by molar-refractivity contribution is -0.268. The normalized spacial score (nSPS) is 12.3. The lowest BCUT2D eigenvalue weighted by atomic mass is 9.97. The van der Waals surface area contributed by atoms with Gasteiger partial charge in [0.1, 0.15) is 10.6 Å². The van der Waals surface area contributed by atoms with E-state index in [1.807, 2.05) is 0 Å². The second-order valence-electron chi connectivity index (χ2n) is 7.36. The van der Waals surface area contributed by atoms with E-state index in [-0.39, 0.29) is 56.5 Å². The minimum absolute atomic E-state index is 0.00596. The van der Waals surface area contributed by atoms with Crippen LogP contribution in [0.2, 0.25) is 10.0 Å². The van der Waals surface area contributed by atoms with Crippen molar-refractivity contribution in [3.8, 4) is 28.7 Å². The molecule has 0 N–H and O–H groups in total. The van der Waals surface area contributed by atoms with Crippen LogP contribution in [0, 0.1) is 0 Å². The van der Waals surface area contributed by atoms with E-state index >= 15 is 0 Å². The number of halogens is 2. The van der Waals surface area contributed by atoms with Crippen LogP contribution >= 0.6 is 23.2 Å². The van der Waals surface area contributed by atoms with Crippen molar-refractivity contribution in [2.75, 3.05) is 13.9 Å². The highest BCUT2D eigenvalue weighted by molar-refractivity contribution is 6.42. The van der Waals surface area contributed by atoms with Crippen molar-refractivity contribution in [3.05, 3.63) is 38.9 Å². The topological polar surface area (TPSA) is 103 Å². The average molecular weight is 484 g/mol.